The zero-order valence-corrected chi connectivity index (χ0v) is 6.75. The van der Waals surface area contributed by atoms with Gasteiger partial charge < -0.3 is 4.74 Å². The first-order valence-corrected chi connectivity index (χ1v) is 4.29. The zero-order valence-electron chi connectivity index (χ0n) is 6.75. The van der Waals surface area contributed by atoms with E-state index < -0.39 is 0 Å². The van der Waals surface area contributed by atoms with Crippen LogP contribution in [0.25, 0.3) is 0 Å². The van der Waals surface area contributed by atoms with Crippen molar-refractivity contribution in [2.75, 3.05) is 6.54 Å². The number of ether oxygens (including phenoxy) is 1. The van der Waals surface area contributed by atoms with Crippen molar-refractivity contribution in [1.82, 2.24) is 4.90 Å². The van der Waals surface area contributed by atoms with Crippen molar-refractivity contribution in [3.05, 3.63) is 0 Å². The van der Waals surface area contributed by atoms with Crippen LogP contribution in [0.4, 0.5) is 0 Å². The van der Waals surface area contributed by atoms with Crippen molar-refractivity contribution in [3.8, 4) is 0 Å². The lowest BCUT2D eigenvalue weighted by atomic mass is 10.2. The maximum absolute atomic E-state index is 11.2. The number of hydrogen-bond acceptors (Lipinski definition) is 3. The molecule has 3 nitrogen and oxygen atoms in total. The van der Waals surface area contributed by atoms with Gasteiger partial charge in [-0.2, -0.15) is 0 Å². The molecule has 0 aromatic heterocycles. The van der Waals surface area contributed by atoms with E-state index in [9.17, 15) is 4.79 Å². The molecule has 0 aliphatic carbocycles. The van der Waals surface area contributed by atoms with Crippen LogP contribution in [0, 0.1) is 0 Å². The number of esters is 1. The molecule has 0 radical (unpaired) electrons. The third-order valence-corrected chi connectivity index (χ3v) is 2.54. The summed E-state index contributed by atoms with van der Waals surface area (Å²) in [4.78, 5) is 13.3. The van der Waals surface area contributed by atoms with Gasteiger partial charge in [0.1, 0.15) is 6.04 Å². The molecule has 2 atom stereocenters. The molecule has 62 valence electrons. The second-order valence-electron chi connectivity index (χ2n) is 3.20. The highest BCUT2D eigenvalue weighted by molar-refractivity contribution is 5.78. The Bertz CT molecular complexity index is 181. The first-order chi connectivity index (χ1) is 5.33. The fourth-order valence-corrected chi connectivity index (χ4v) is 1.98. The van der Waals surface area contributed by atoms with Crippen molar-refractivity contribution in [2.24, 2.45) is 0 Å². The fraction of sp³-hybridized carbons (Fsp3) is 0.875. The highest BCUT2D eigenvalue weighted by Gasteiger charge is 2.43. The predicted octanol–water partition coefficient (Wildman–Crippen LogP) is 0.744. The summed E-state index contributed by atoms with van der Waals surface area (Å²) in [6, 6.07) is 0.0972. The first kappa shape index (κ1) is 7.10. The van der Waals surface area contributed by atoms with Crippen LogP contribution in [0.2, 0.25) is 0 Å². The molecular weight excluding hydrogens is 142 g/mol. The minimum atomic E-state index is -0.00523. The molecule has 2 aliphatic heterocycles. The van der Waals surface area contributed by atoms with Crippen LogP contribution < -0.4 is 0 Å². The van der Waals surface area contributed by atoms with Gasteiger partial charge in [0.05, 0.1) is 0 Å². The van der Waals surface area contributed by atoms with Crippen molar-refractivity contribution in [2.45, 2.75) is 38.5 Å². The summed E-state index contributed by atoms with van der Waals surface area (Å²) in [5.74, 6) is -0.00523. The Labute approximate surface area is 66.3 Å². The molecule has 2 saturated heterocycles. The fourth-order valence-electron chi connectivity index (χ4n) is 1.98. The molecular formula is C8H13NO2. The van der Waals surface area contributed by atoms with Gasteiger partial charge in [-0.05, 0) is 19.3 Å². The quantitative estimate of drug-likeness (QED) is 0.523. The lowest BCUT2D eigenvalue weighted by Gasteiger charge is -2.17. The van der Waals surface area contributed by atoms with Gasteiger partial charge in [0.2, 0.25) is 0 Å². The topological polar surface area (TPSA) is 29.5 Å². The second kappa shape index (κ2) is 2.48. The van der Waals surface area contributed by atoms with Gasteiger partial charge in [-0.1, -0.05) is 6.92 Å². The average molecular weight is 155 g/mol. The highest BCUT2D eigenvalue weighted by atomic mass is 16.6. The molecule has 0 saturated carbocycles. The van der Waals surface area contributed by atoms with Crippen LogP contribution in [-0.4, -0.2) is 29.7 Å². The number of rotatable bonds is 1. The Morgan fingerprint density at radius 3 is 3.27 bits per heavy atom. The molecule has 2 fully saturated rings. The first-order valence-electron chi connectivity index (χ1n) is 4.29. The van der Waals surface area contributed by atoms with E-state index in [1.807, 2.05) is 0 Å². The second-order valence-corrected chi connectivity index (χ2v) is 3.20. The van der Waals surface area contributed by atoms with Crippen LogP contribution in [0.3, 0.4) is 0 Å². The molecule has 0 aromatic carbocycles. The van der Waals surface area contributed by atoms with Gasteiger partial charge in [0.25, 0.3) is 0 Å². The summed E-state index contributed by atoms with van der Waals surface area (Å²) < 4.78 is 5.16. The molecule has 2 aliphatic rings. The number of carbonyl (C=O) groups excluding carboxylic acids is 1. The van der Waals surface area contributed by atoms with Crippen LogP contribution in [-0.2, 0) is 9.53 Å². The van der Waals surface area contributed by atoms with Crippen LogP contribution in [0.15, 0.2) is 0 Å². The van der Waals surface area contributed by atoms with Crippen molar-refractivity contribution in [3.63, 3.8) is 0 Å². The Morgan fingerprint density at radius 1 is 1.73 bits per heavy atom. The van der Waals surface area contributed by atoms with Crippen molar-refractivity contribution < 1.29 is 9.53 Å². The zero-order chi connectivity index (χ0) is 7.84. The van der Waals surface area contributed by atoms with Gasteiger partial charge in [-0.25, -0.2) is 0 Å². The van der Waals surface area contributed by atoms with E-state index >= 15 is 0 Å². The molecule has 0 spiro atoms. The largest absolute Gasteiger partial charge is 0.445 e. The Kier molecular flexibility index (Phi) is 1.60. The standard InChI is InChI=1S/C8H13NO2/c1-2-7-9-5-3-4-6(9)8(10)11-7/h6-7H,2-5H2,1H3/t6-,7+/m0/s1. The predicted molar refractivity (Wildman–Crippen MR) is 39.9 cm³/mol. The van der Waals surface area contributed by atoms with E-state index in [0.29, 0.717) is 0 Å². The molecule has 2 heterocycles. The van der Waals surface area contributed by atoms with Crippen molar-refractivity contribution in [1.29, 1.82) is 0 Å². The summed E-state index contributed by atoms with van der Waals surface area (Å²) in [5.41, 5.74) is 0. The average Bonchev–Trinajstić information content (AvgIpc) is 2.54. The number of hydrogen-bond donors (Lipinski definition) is 0. The van der Waals surface area contributed by atoms with Gasteiger partial charge >= 0.3 is 5.97 Å². The van der Waals surface area contributed by atoms with E-state index in [0.717, 1.165) is 25.8 Å². The van der Waals surface area contributed by atoms with Gasteiger partial charge in [0.15, 0.2) is 6.23 Å². The minimum Gasteiger partial charge on any atom is -0.445 e. The molecule has 11 heavy (non-hydrogen) atoms. The maximum atomic E-state index is 11.2. The summed E-state index contributed by atoms with van der Waals surface area (Å²) in [6.45, 7) is 3.09. The normalized spacial score (nSPS) is 37.4. The SMILES string of the molecule is CC[C@H]1OC(=O)[C@@H]2CCCN12. The lowest BCUT2D eigenvalue weighted by molar-refractivity contribution is -0.143. The third-order valence-electron chi connectivity index (χ3n) is 2.54. The molecule has 0 unspecified atom stereocenters. The summed E-state index contributed by atoms with van der Waals surface area (Å²) in [7, 11) is 0. The Hall–Kier alpha value is -0.570. The molecule has 2 rings (SSSR count). The third kappa shape index (κ3) is 0.948. The minimum absolute atomic E-state index is 0.00523. The van der Waals surface area contributed by atoms with Crippen LogP contribution in [0.1, 0.15) is 26.2 Å². The van der Waals surface area contributed by atoms with Crippen molar-refractivity contribution >= 4 is 5.97 Å². The number of nitrogens with zero attached hydrogens (tertiary/aromatic N) is 1. The van der Waals surface area contributed by atoms with E-state index in [4.69, 9.17) is 4.74 Å². The van der Waals surface area contributed by atoms with E-state index in [-0.39, 0.29) is 18.2 Å². The van der Waals surface area contributed by atoms with Gasteiger partial charge in [-0.3, -0.25) is 9.69 Å². The van der Waals surface area contributed by atoms with E-state index in [2.05, 4.69) is 11.8 Å². The number of fused-ring (bicyclic) bond motifs is 1. The number of carbonyl (C=O) groups is 1. The monoisotopic (exact) mass is 155 g/mol. The van der Waals surface area contributed by atoms with E-state index in [1.54, 1.807) is 0 Å². The van der Waals surface area contributed by atoms with Gasteiger partial charge in [-0.15, -0.1) is 0 Å². The molecule has 3 heteroatoms. The highest BCUT2D eigenvalue weighted by Crippen LogP contribution is 2.29. The van der Waals surface area contributed by atoms with Gasteiger partial charge in [0, 0.05) is 6.54 Å². The Balaban J connectivity index is 2.13. The smallest absolute Gasteiger partial charge is 0.325 e. The Morgan fingerprint density at radius 2 is 2.55 bits per heavy atom. The molecule has 0 N–H and O–H groups in total. The lowest BCUT2D eigenvalue weighted by Crippen LogP contribution is -2.31. The van der Waals surface area contributed by atoms with Crippen LogP contribution >= 0.6 is 0 Å². The molecule has 0 bridgehead atoms. The molecule has 0 aromatic rings. The van der Waals surface area contributed by atoms with Crippen LogP contribution in [0.5, 0.6) is 0 Å². The maximum Gasteiger partial charge on any atom is 0.325 e. The summed E-state index contributed by atoms with van der Waals surface area (Å²) in [6.07, 6.45) is 3.14. The molecule has 0 amide bonds. The summed E-state index contributed by atoms with van der Waals surface area (Å²) >= 11 is 0. The summed E-state index contributed by atoms with van der Waals surface area (Å²) in [5, 5.41) is 0. The van der Waals surface area contributed by atoms with E-state index in [1.165, 1.54) is 0 Å². The number of cyclic esters (lactones) is 1.